The molecule has 2 rings (SSSR count). The molecule has 23 heavy (non-hydrogen) atoms. The van der Waals surface area contributed by atoms with E-state index in [0.29, 0.717) is 12.2 Å². The van der Waals surface area contributed by atoms with Crippen LogP contribution < -0.4 is 9.84 Å². The number of ether oxygens (including phenoxy) is 1. The van der Waals surface area contributed by atoms with Crippen LogP contribution in [0.2, 0.25) is 5.02 Å². The molecule has 0 bridgehead atoms. The van der Waals surface area contributed by atoms with Crippen molar-refractivity contribution < 1.29 is 24.5 Å². The number of rotatable bonds is 5. The van der Waals surface area contributed by atoms with Crippen LogP contribution in [0, 0.1) is 0 Å². The van der Waals surface area contributed by atoms with Gasteiger partial charge in [0.2, 0.25) is 0 Å². The summed E-state index contributed by atoms with van der Waals surface area (Å²) in [6, 6.07) is 2.99. The van der Waals surface area contributed by atoms with Crippen LogP contribution in [0.4, 0.5) is 0 Å². The van der Waals surface area contributed by atoms with Gasteiger partial charge in [-0.3, -0.25) is 9.69 Å². The van der Waals surface area contributed by atoms with Crippen LogP contribution in [0.25, 0.3) is 6.08 Å². The summed E-state index contributed by atoms with van der Waals surface area (Å²) in [6.07, 6.45) is 1.50. The summed E-state index contributed by atoms with van der Waals surface area (Å²) in [6.45, 7) is 1.49. The van der Waals surface area contributed by atoms with E-state index in [0.717, 1.165) is 16.7 Å². The number of benzene rings is 1. The number of carbonyl (C=O) groups excluding carboxylic acids is 2. The van der Waals surface area contributed by atoms with E-state index in [4.69, 9.17) is 28.6 Å². The lowest BCUT2D eigenvalue weighted by molar-refractivity contribution is -0.305. The number of hydrogen-bond donors (Lipinski definition) is 1. The average molecular weight is 373 g/mol. The Morgan fingerprint density at radius 3 is 2.87 bits per heavy atom. The van der Waals surface area contributed by atoms with Crippen molar-refractivity contribution in [3.63, 3.8) is 0 Å². The highest BCUT2D eigenvalue weighted by molar-refractivity contribution is 8.26. The van der Waals surface area contributed by atoms with Crippen molar-refractivity contribution in [2.24, 2.45) is 0 Å². The Kier molecular flexibility index (Phi) is 5.51. The summed E-state index contributed by atoms with van der Waals surface area (Å²) < 4.78 is 5.41. The van der Waals surface area contributed by atoms with Crippen LogP contribution in [0.5, 0.6) is 11.5 Å². The van der Waals surface area contributed by atoms with E-state index in [2.05, 4.69) is 0 Å². The van der Waals surface area contributed by atoms with Gasteiger partial charge in [-0.05, 0) is 30.7 Å². The molecule has 0 radical (unpaired) electrons. The number of aliphatic carboxylic acids is 1. The number of carboxylic acid groups (broad SMARTS) is 1. The monoisotopic (exact) mass is 372 g/mol. The van der Waals surface area contributed by atoms with Gasteiger partial charge in [0.05, 0.1) is 29.0 Å². The van der Waals surface area contributed by atoms with Gasteiger partial charge in [-0.2, -0.15) is 0 Å². The molecule has 0 unspecified atom stereocenters. The highest BCUT2D eigenvalue weighted by Gasteiger charge is 2.32. The predicted molar refractivity (Wildman–Crippen MR) is 89.2 cm³/mol. The molecule has 1 aromatic carbocycles. The van der Waals surface area contributed by atoms with Gasteiger partial charge >= 0.3 is 0 Å². The molecular formula is C14H11ClNO5S2-. The van der Waals surface area contributed by atoms with Crippen LogP contribution >= 0.6 is 35.6 Å². The summed E-state index contributed by atoms with van der Waals surface area (Å²) in [5.74, 6) is -1.91. The molecule has 0 saturated carbocycles. The maximum Gasteiger partial charge on any atom is 0.266 e. The molecule has 0 aliphatic carbocycles. The van der Waals surface area contributed by atoms with Crippen LogP contribution in [0.3, 0.4) is 0 Å². The van der Waals surface area contributed by atoms with Gasteiger partial charge < -0.3 is 19.7 Å². The lowest BCUT2D eigenvalue weighted by Crippen LogP contribution is -2.40. The van der Waals surface area contributed by atoms with E-state index in [9.17, 15) is 19.8 Å². The first-order valence-electron chi connectivity index (χ1n) is 6.44. The zero-order chi connectivity index (χ0) is 17.1. The van der Waals surface area contributed by atoms with Gasteiger partial charge in [0, 0.05) is 0 Å². The van der Waals surface area contributed by atoms with Gasteiger partial charge in [-0.15, -0.1) is 0 Å². The van der Waals surface area contributed by atoms with Gasteiger partial charge in [-0.25, -0.2) is 0 Å². The predicted octanol–water partition coefficient (Wildman–Crippen LogP) is 1.40. The fourth-order valence-corrected chi connectivity index (χ4v) is 3.33. The topological polar surface area (TPSA) is 89.9 Å². The third-order valence-electron chi connectivity index (χ3n) is 2.81. The van der Waals surface area contributed by atoms with Crippen LogP contribution in [-0.2, 0) is 9.59 Å². The minimum Gasteiger partial charge on any atom is -0.548 e. The molecule has 1 amide bonds. The van der Waals surface area contributed by atoms with E-state index < -0.39 is 18.4 Å². The number of carboxylic acids is 1. The average Bonchev–Trinajstić information content (AvgIpc) is 2.72. The van der Waals surface area contributed by atoms with Gasteiger partial charge in [0.15, 0.2) is 11.5 Å². The molecular weight excluding hydrogens is 362 g/mol. The zero-order valence-electron chi connectivity index (χ0n) is 11.9. The smallest absolute Gasteiger partial charge is 0.266 e. The van der Waals surface area contributed by atoms with E-state index in [1.165, 1.54) is 18.2 Å². The number of carbonyl (C=O) groups is 2. The third kappa shape index (κ3) is 3.95. The van der Waals surface area contributed by atoms with Gasteiger partial charge in [0.1, 0.15) is 4.32 Å². The Labute approximate surface area is 146 Å². The zero-order valence-corrected chi connectivity index (χ0v) is 14.3. The molecule has 1 aromatic rings. The van der Waals surface area contributed by atoms with Crippen molar-refractivity contribution in [2.75, 3.05) is 13.2 Å². The first-order chi connectivity index (χ1) is 10.8. The van der Waals surface area contributed by atoms with E-state index in [1.807, 2.05) is 0 Å². The molecule has 1 aliphatic heterocycles. The highest BCUT2D eigenvalue weighted by atomic mass is 35.5. The molecule has 0 aromatic heterocycles. The lowest BCUT2D eigenvalue weighted by atomic mass is 10.2. The Morgan fingerprint density at radius 1 is 1.57 bits per heavy atom. The van der Waals surface area contributed by atoms with Crippen molar-refractivity contribution in [3.05, 3.63) is 27.6 Å². The van der Waals surface area contributed by atoms with E-state index in [1.54, 1.807) is 6.92 Å². The first-order valence-corrected chi connectivity index (χ1v) is 8.04. The minimum absolute atomic E-state index is 0.0763. The number of halogens is 1. The van der Waals surface area contributed by atoms with Crippen molar-refractivity contribution in [2.45, 2.75) is 6.92 Å². The third-order valence-corrected chi connectivity index (χ3v) is 4.48. The number of amides is 1. The van der Waals surface area contributed by atoms with E-state index in [-0.39, 0.29) is 25.7 Å². The summed E-state index contributed by atoms with van der Waals surface area (Å²) in [7, 11) is 0. The number of phenolic OH excluding ortho intramolecular Hbond substituents is 1. The lowest BCUT2D eigenvalue weighted by Gasteiger charge is -2.14. The molecule has 0 spiro atoms. The summed E-state index contributed by atoms with van der Waals surface area (Å²) >= 11 is 11.9. The SMILES string of the molecule is CCOc1cc(/C=C2\SC(=S)N(CC(=O)[O-])C2=O)cc(Cl)c1O. The number of nitrogens with zero attached hydrogens (tertiary/aromatic N) is 1. The van der Waals surface area contributed by atoms with Crippen molar-refractivity contribution in [3.8, 4) is 11.5 Å². The molecule has 1 N–H and O–H groups in total. The minimum atomic E-state index is -1.39. The second-order valence-corrected chi connectivity index (χ2v) is 6.51. The quantitative estimate of drug-likeness (QED) is 0.617. The Bertz CT molecular complexity index is 719. The molecule has 6 nitrogen and oxygen atoms in total. The van der Waals surface area contributed by atoms with E-state index >= 15 is 0 Å². The summed E-state index contributed by atoms with van der Waals surface area (Å²) in [5, 5.41) is 20.5. The second-order valence-electron chi connectivity index (χ2n) is 4.42. The van der Waals surface area contributed by atoms with Crippen molar-refractivity contribution in [1.82, 2.24) is 4.90 Å². The molecule has 1 heterocycles. The normalized spacial score (nSPS) is 16.3. The maximum atomic E-state index is 12.2. The molecule has 9 heteroatoms. The van der Waals surface area contributed by atoms with Crippen LogP contribution in [-0.4, -0.2) is 39.4 Å². The van der Waals surface area contributed by atoms with Gasteiger partial charge in [-0.1, -0.05) is 35.6 Å². The highest BCUT2D eigenvalue weighted by Crippen LogP contribution is 2.38. The second kappa shape index (κ2) is 7.20. The molecule has 1 aliphatic rings. The summed E-state index contributed by atoms with van der Waals surface area (Å²) in [5.41, 5.74) is 0.519. The largest absolute Gasteiger partial charge is 0.548 e. The number of phenols is 1. The molecule has 122 valence electrons. The fraction of sp³-hybridized carbons (Fsp3) is 0.214. The number of aromatic hydroxyl groups is 1. The molecule has 0 atom stereocenters. The Morgan fingerprint density at radius 2 is 2.26 bits per heavy atom. The van der Waals surface area contributed by atoms with Gasteiger partial charge in [0.25, 0.3) is 5.91 Å². The molecule has 1 fully saturated rings. The van der Waals surface area contributed by atoms with Crippen LogP contribution in [0.15, 0.2) is 17.0 Å². The Hall–Kier alpha value is -1.77. The maximum absolute atomic E-state index is 12.2. The standard InChI is InChI=1S/C14H12ClNO5S2/c1-2-21-9-4-7(3-8(15)12(9)19)5-10-13(20)16(6-11(17)18)14(22)23-10/h3-5,19H,2,6H2,1H3,(H,17,18)/p-1/b10-5-. The fourth-order valence-electron chi connectivity index (χ4n) is 1.86. The number of thioether (sulfide) groups is 1. The van der Waals surface area contributed by atoms with Crippen LogP contribution in [0.1, 0.15) is 12.5 Å². The summed E-state index contributed by atoms with van der Waals surface area (Å²) in [4.78, 5) is 24.0. The van der Waals surface area contributed by atoms with Crippen molar-refractivity contribution >= 4 is 57.9 Å². The number of hydrogen-bond acceptors (Lipinski definition) is 7. The first kappa shape index (κ1) is 17.6. The number of thiocarbonyl (C=S) groups is 1. The van der Waals surface area contributed by atoms with Crippen molar-refractivity contribution in [1.29, 1.82) is 0 Å². The Balaban J connectivity index is 2.34. The molecule has 1 saturated heterocycles.